The highest BCUT2D eigenvalue weighted by Crippen LogP contribution is 2.29. The zero-order valence-electron chi connectivity index (χ0n) is 22.8. The van der Waals surface area contributed by atoms with E-state index in [0.717, 1.165) is 11.1 Å². The molecule has 38 heavy (non-hydrogen) atoms. The number of carbonyl (C=O) groups excluding carboxylic acids is 3. The Hall–Kier alpha value is -4.08. The predicted molar refractivity (Wildman–Crippen MR) is 147 cm³/mol. The molecule has 0 spiro atoms. The lowest BCUT2D eigenvalue weighted by Gasteiger charge is -2.31. The van der Waals surface area contributed by atoms with E-state index >= 15 is 0 Å². The summed E-state index contributed by atoms with van der Waals surface area (Å²) in [7, 11) is 3.47. The van der Waals surface area contributed by atoms with Gasteiger partial charge in [-0.3, -0.25) is 14.9 Å². The lowest BCUT2D eigenvalue weighted by molar-refractivity contribution is -0.129. The number of nitrogens with zero attached hydrogens (tertiary/aromatic N) is 3. The Morgan fingerprint density at radius 2 is 1.82 bits per heavy atom. The standard InChI is InChI=1S/C28H38N6O4/c1-28(2,3)32-24(35)19-34-18-21-16-22(38-15-9-12-25(36)33(4)5)13-14-23(21)30-26(34)31-27(37)29-17-20-10-7-6-8-11-20/h6-8,10-11,13-14,16H,9,12,15,17-19H2,1-5H3,(H,32,35)(H2,29,30,31,37). The van der Waals surface area contributed by atoms with Gasteiger partial charge in [0.05, 0.1) is 12.3 Å². The molecule has 1 aliphatic rings. The van der Waals surface area contributed by atoms with Crippen LogP contribution in [-0.2, 0) is 22.7 Å². The molecule has 0 bridgehead atoms. The van der Waals surface area contributed by atoms with Crippen LogP contribution in [0.1, 0.15) is 44.7 Å². The molecule has 3 N–H and O–H groups in total. The van der Waals surface area contributed by atoms with Gasteiger partial charge in [-0.2, -0.15) is 0 Å². The first kappa shape index (κ1) is 28.5. The lowest BCUT2D eigenvalue weighted by atomic mass is 10.1. The Kier molecular flexibility index (Phi) is 9.70. The van der Waals surface area contributed by atoms with Crippen LogP contribution >= 0.6 is 0 Å². The summed E-state index contributed by atoms with van der Waals surface area (Å²) >= 11 is 0. The fraction of sp³-hybridized carbons (Fsp3) is 0.429. The Labute approximate surface area is 224 Å². The summed E-state index contributed by atoms with van der Waals surface area (Å²) in [4.78, 5) is 45.1. The van der Waals surface area contributed by atoms with E-state index in [-0.39, 0.29) is 18.4 Å². The van der Waals surface area contributed by atoms with Crippen LogP contribution in [0.5, 0.6) is 5.75 Å². The van der Waals surface area contributed by atoms with Gasteiger partial charge >= 0.3 is 6.03 Å². The van der Waals surface area contributed by atoms with E-state index in [0.29, 0.717) is 49.9 Å². The summed E-state index contributed by atoms with van der Waals surface area (Å²) in [6.07, 6.45) is 1.03. The van der Waals surface area contributed by atoms with E-state index in [9.17, 15) is 14.4 Å². The molecule has 0 fully saturated rings. The molecular weight excluding hydrogens is 484 g/mol. The predicted octanol–water partition coefficient (Wildman–Crippen LogP) is 3.15. The van der Waals surface area contributed by atoms with E-state index in [1.807, 2.05) is 69.3 Å². The quantitative estimate of drug-likeness (QED) is 0.438. The minimum absolute atomic E-state index is 0.0201. The van der Waals surface area contributed by atoms with Gasteiger partial charge in [0.1, 0.15) is 12.3 Å². The average Bonchev–Trinajstić information content (AvgIpc) is 2.85. The maximum Gasteiger partial charge on any atom is 0.321 e. The van der Waals surface area contributed by atoms with Crippen LogP contribution in [-0.4, -0.2) is 66.4 Å². The van der Waals surface area contributed by atoms with Crippen LogP contribution in [0, 0.1) is 0 Å². The number of hydrogen-bond acceptors (Lipinski definition) is 6. The Bertz CT molecular complexity index is 1160. The molecule has 0 unspecified atom stereocenters. The highest BCUT2D eigenvalue weighted by atomic mass is 16.5. The van der Waals surface area contributed by atoms with Crippen molar-refractivity contribution in [1.82, 2.24) is 25.8 Å². The highest BCUT2D eigenvalue weighted by molar-refractivity contribution is 5.99. The first-order chi connectivity index (χ1) is 18.0. The summed E-state index contributed by atoms with van der Waals surface area (Å²) < 4.78 is 5.85. The van der Waals surface area contributed by atoms with Crippen LogP contribution in [0.3, 0.4) is 0 Å². The van der Waals surface area contributed by atoms with Gasteiger partial charge in [0.2, 0.25) is 17.8 Å². The zero-order chi connectivity index (χ0) is 27.7. The Balaban J connectivity index is 1.70. The summed E-state index contributed by atoms with van der Waals surface area (Å²) in [5.41, 5.74) is 2.13. The molecule has 0 aliphatic carbocycles. The third-order valence-electron chi connectivity index (χ3n) is 5.61. The van der Waals surface area contributed by atoms with E-state index in [2.05, 4.69) is 20.9 Å². The second kappa shape index (κ2) is 12.9. The first-order valence-corrected chi connectivity index (χ1v) is 12.7. The molecule has 0 aromatic heterocycles. The fourth-order valence-electron chi connectivity index (χ4n) is 3.78. The number of hydrogen-bond donors (Lipinski definition) is 3. The van der Waals surface area contributed by atoms with Gasteiger partial charge in [-0.1, -0.05) is 30.3 Å². The molecule has 1 aliphatic heterocycles. The van der Waals surface area contributed by atoms with Gasteiger partial charge in [-0.15, -0.1) is 0 Å². The monoisotopic (exact) mass is 522 g/mol. The van der Waals surface area contributed by atoms with Crippen molar-refractivity contribution in [3.05, 3.63) is 59.7 Å². The van der Waals surface area contributed by atoms with Gasteiger partial charge in [0, 0.05) is 44.7 Å². The summed E-state index contributed by atoms with van der Waals surface area (Å²) in [6.45, 7) is 6.89. The van der Waals surface area contributed by atoms with Crippen LogP contribution in [0.25, 0.3) is 0 Å². The number of nitrogens with one attached hydrogen (secondary N) is 3. The molecule has 4 amide bonds. The molecule has 2 aromatic carbocycles. The Morgan fingerprint density at radius 1 is 1.08 bits per heavy atom. The van der Waals surface area contributed by atoms with Crippen molar-refractivity contribution >= 4 is 29.5 Å². The number of amides is 4. The minimum atomic E-state index is -0.412. The number of urea groups is 1. The van der Waals surface area contributed by atoms with Crippen molar-refractivity contribution in [3.63, 3.8) is 0 Å². The van der Waals surface area contributed by atoms with Crippen molar-refractivity contribution in [1.29, 1.82) is 0 Å². The fourth-order valence-corrected chi connectivity index (χ4v) is 3.78. The third kappa shape index (κ3) is 9.10. The number of rotatable bonds is 9. The Morgan fingerprint density at radius 3 is 2.50 bits per heavy atom. The number of carbonyl (C=O) groups is 3. The number of benzene rings is 2. The molecule has 0 radical (unpaired) electrons. The summed E-state index contributed by atoms with van der Waals surface area (Å²) in [5, 5.41) is 8.59. The largest absolute Gasteiger partial charge is 0.494 e. The normalized spacial score (nSPS) is 12.7. The van der Waals surface area contributed by atoms with Gasteiger partial charge in [0.25, 0.3) is 0 Å². The van der Waals surface area contributed by atoms with E-state index in [4.69, 9.17) is 4.74 Å². The maximum absolute atomic E-state index is 12.7. The molecule has 204 valence electrons. The molecule has 10 heteroatoms. The number of ether oxygens (including phenoxy) is 1. The minimum Gasteiger partial charge on any atom is -0.494 e. The van der Waals surface area contributed by atoms with Gasteiger partial charge in [-0.25, -0.2) is 9.79 Å². The van der Waals surface area contributed by atoms with Gasteiger partial charge in [-0.05, 0) is 51.0 Å². The van der Waals surface area contributed by atoms with Crippen molar-refractivity contribution in [2.75, 3.05) is 27.2 Å². The molecule has 0 saturated heterocycles. The van der Waals surface area contributed by atoms with Crippen molar-refractivity contribution < 1.29 is 19.1 Å². The summed E-state index contributed by atoms with van der Waals surface area (Å²) in [6, 6.07) is 14.7. The zero-order valence-corrected chi connectivity index (χ0v) is 22.8. The van der Waals surface area contributed by atoms with Crippen molar-refractivity contribution in [3.8, 4) is 5.75 Å². The van der Waals surface area contributed by atoms with E-state index < -0.39 is 11.6 Å². The number of guanidine groups is 1. The molecule has 0 saturated carbocycles. The molecule has 0 atom stereocenters. The number of fused-ring (bicyclic) bond motifs is 1. The van der Waals surface area contributed by atoms with E-state index in [1.165, 1.54) is 0 Å². The highest BCUT2D eigenvalue weighted by Gasteiger charge is 2.25. The second-order valence-electron chi connectivity index (χ2n) is 10.4. The van der Waals surface area contributed by atoms with Crippen molar-refractivity contribution in [2.45, 2.75) is 52.2 Å². The van der Waals surface area contributed by atoms with Crippen LogP contribution < -0.4 is 20.7 Å². The first-order valence-electron chi connectivity index (χ1n) is 12.7. The van der Waals surface area contributed by atoms with Gasteiger partial charge in [0.15, 0.2) is 0 Å². The molecular formula is C28H38N6O4. The van der Waals surface area contributed by atoms with E-state index in [1.54, 1.807) is 23.9 Å². The molecule has 1 heterocycles. The topological polar surface area (TPSA) is 115 Å². The van der Waals surface area contributed by atoms with Crippen LogP contribution in [0.15, 0.2) is 53.5 Å². The van der Waals surface area contributed by atoms with Crippen LogP contribution in [0.4, 0.5) is 10.5 Å². The second-order valence-corrected chi connectivity index (χ2v) is 10.4. The molecule has 10 nitrogen and oxygen atoms in total. The maximum atomic E-state index is 12.7. The van der Waals surface area contributed by atoms with Gasteiger partial charge < -0.3 is 25.2 Å². The van der Waals surface area contributed by atoms with Crippen molar-refractivity contribution in [2.24, 2.45) is 4.99 Å². The van der Waals surface area contributed by atoms with Crippen LogP contribution in [0.2, 0.25) is 0 Å². The summed E-state index contributed by atoms with van der Waals surface area (Å²) in [5.74, 6) is 0.832. The smallest absolute Gasteiger partial charge is 0.321 e. The molecule has 2 aromatic rings. The lowest BCUT2D eigenvalue weighted by Crippen LogP contribution is -2.53. The number of aliphatic imine (C=N–C) groups is 1. The molecule has 3 rings (SSSR count). The average molecular weight is 523 g/mol. The SMILES string of the molecule is CN(C)C(=O)CCCOc1ccc2c(c1)CN(CC(=O)NC(C)(C)C)C(NC(=O)NCc1ccccc1)=N2. The third-order valence-corrected chi connectivity index (χ3v) is 5.61.